The van der Waals surface area contributed by atoms with Gasteiger partial charge < -0.3 is 15.4 Å². The van der Waals surface area contributed by atoms with Crippen molar-refractivity contribution in [3.8, 4) is 0 Å². The number of methoxy groups -OCH3 is 1. The van der Waals surface area contributed by atoms with E-state index in [4.69, 9.17) is 16.3 Å². The fourth-order valence-electron chi connectivity index (χ4n) is 2.27. The number of anilines is 3. The van der Waals surface area contributed by atoms with E-state index in [9.17, 15) is 9.59 Å². The molecule has 3 aromatic rings. The lowest BCUT2D eigenvalue weighted by atomic mass is 10.1. The molecule has 0 saturated heterocycles. The zero-order valence-electron chi connectivity index (χ0n) is 14.3. The molecule has 1 aromatic heterocycles. The fraction of sp³-hybridized carbons (Fsp3) is 0.0526. The van der Waals surface area contributed by atoms with Crippen molar-refractivity contribution in [2.24, 2.45) is 0 Å². The monoisotopic (exact) mass is 382 g/mol. The SMILES string of the molecule is COC(=O)c1ccccc1NC(=O)c1ccnc(Nc2ccc(Cl)cc2)n1. The highest BCUT2D eigenvalue weighted by atomic mass is 35.5. The van der Waals surface area contributed by atoms with E-state index in [1.807, 2.05) is 0 Å². The Morgan fingerprint density at radius 3 is 2.52 bits per heavy atom. The number of rotatable bonds is 5. The first kappa shape index (κ1) is 18.3. The molecule has 136 valence electrons. The summed E-state index contributed by atoms with van der Waals surface area (Å²) in [5, 5.41) is 6.27. The van der Waals surface area contributed by atoms with Crippen LogP contribution in [0.25, 0.3) is 0 Å². The first-order chi connectivity index (χ1) is 13.1. The van der Waals surface area contributed by atoms with Crippen molar-refractivity contribution in [1.82, 2.24) is 9.97 Å². The molecule has 0 bridgehead atoms. The minimum atomic E-state index is -0.543. The fourth-order valence-corrected chi connectivity index (χ4v) is 2.40. The minimum Gasteiger partial charge on any atom is -0.465 e. The van der Waals surface area contributed by atoms with Crippen LogP contribution in [0.4, 0.5) is 17.3 Å². The van der Waals surface area contributed by atoms with Gasteiger partial charge in [0.2, 0.25) is 5.95 Å². The number of hydrogen-bond acceptors (Lipinski definition) is 6. The summed E-state index contributed by atoms with van der Waals surface area (Å²) >= 11 is 5.86. The molecule has 1 heterocycles. The van der Waals surface area contributed by atoms with Crippen LogP contribution >= 0.6 is 11.6 Å². The van der Waals surface area contributed by atoms with Gasteiger partial charge in [-0.2, -0.15) is 0 Å². The minimum absolute atomic E-state index is 0.140. The van der Waals surface area contributed by atoms with Crippen LogP contribution in [0.3, 0.4) is 0 Å². The predicted octanol–water partition coefficient (Wildman–Crippen LogP) is 3.91. The highest BCUT2D eigenvalue weighted by molar-refractivity contribution is 6.30. The van der Waals surface area contributed by atoms with Gasteiger partial charge >= 0.3 is 5.97 Å². The van der Waals surface area contributed by atoms with Gasteiger partial charge in [0, 0.05) is 16.9 Å². The van der Waals surface area contributed by atoms with E-state index in [0.29, 0.717) is 10.7 Å². The van der Waals surface area contributed by atoms with Crippen molar-refractivity contribution >= 4 is 40.8 Å². The lowest BCUT2D eigenvalue weighted by molar-refractivity contribution is 0.0602. The number of benzene rings is 2. The third kappa shape index (κ3) is 4.59. The maximum atomic E-state index is 12.5. The number of ether oxygens (including phenoxy) is 1. The smallest absolute Gasteiger partial charge is 0.339 e. The van der Waals surface area contributed by atoms with Crippen LogP contribution in [0.2, 0.25) is 5.02 Å². The molecule has 0 aliphatic carbocycles. The third-order valence-corrected chi connectivity index (χ3v) is 3.82. The van der Waals surface area contributed by atoms with Gasteiger partial charge in [-0.25, -0.2) is 14.8 Å². The van der Waals surface area contributed by atoms with Gasteiger partial charge in [0.25, 0.3) is 5.91 Å². The molecule has 0 atom stereocenters. The van der Waals surface area contributed by atoms with E-state index >= 15 is 0 Å². The molecule has 0 spiro atoms. The summed E-state index contributed by atoms with van der Waals surface area (Å²) in [5.74, 6) is -0.766. The number of aromatic nitrogens is 2. The largest absolute Gasteiger partial charge is 0.465 e. The van der Waals surface area contributed by atoms with E-state index in [0.717, 1.165) is 5.69 Å². The van der Waals surface area contributed by atoms with Gasteiger partial charge in [-0.05, 0) is 42.5 Å². The van der Waals surface area contributed by atoms with Crippen LogP contribution < -0.4 is 10.6 Å². The van der Waals surface area contributed by atoms with Crippen molar-refractivity contribution in [1.29, 1.82) is 0 Å². The summed E-state index contributed by atoms with van der Waals surface area (Å²) in [7, 11) is 1.28. The number of carbonyl (C=O) groups excluding carboxylic acids is 2. The standard InChI is InChI=1S/C19H15ClN4O3/c1-27-18(26)14-4-2-3-5-15(14)23-17(25)16-10-11-21-19(24-16)22-13-8-6-12(20)7-9-13/h2-11H,1H3,(H,23,25)(H,21,22,24). The number of esters is 1. The van der Waals surface area contributed by atoms with Crippen molar-refractivity contribution in [2.75, 3.05) is 17.7 Å². The molecular weight excluding hydrogens is 368 g/mol. The molecule has 0 aliphatic rings. The van der Waals surface area contributed by atoms with Crippen molar-refractivity contribution in [3.63, 3.8) is 0 Å². The number of amides is 1. The molecule has 0 radical (unpaired) electrons. The van der Waals surface area contributed by atoms with Gasteiger partial charge in [-0.15, -0.1) is 0 Å². The van der Waals surface area contributed by atoms with Crippen LogP contribution in [0.5, 0.6) is 0 Å². The number of halogens is 1. The first-order valence-electron chi connectivity index (χ1n) is 7.91. The van der Waals surface area contributed by atoms with E-state index in [1.165, 1.54) is 19.4 Å². The molecule has 7 nitrogen and oxygen atoms in total. The Morgan fingerprint density at radius 1 is 1.04 bits per heavy atom. The maximum absolute atomic E-state index is 12.5. The number of nitrogens with zero attached hydrogens (tertiary/aromatic N) is 2. The molecular formula is C19H15ClN4O3. The average Bonchev–Trinajstić information content (AvgIpc) is 2.70. The van der Waals surface area contributed by atoms with E-state index in [2.05, 4.69) is 20.6 Å². The second-order valence-corrected chi connectivity index (χ2v) is 5.83. The van der Waals surface area contributed by atoms with Crippen LogP contribution in [-0.4, -0.2) is 29.0 Å². The van der Waals surface area contributed by atoms with Gasteiger partial charge in [-0.3, -0.25) is 4.79 Å². The topological polar surface area (TPSA) is 93.2 Å². The quantitative estimate of drug-likeness (QED) is 0.650. The number of hydrogen-bond donors (Lipinski definition) is 2. The Kier molecular flexibility index (Phi) is 5.63. The Hall–Kier alpha value is -3.45. The lowest BCUT2D eigenvalue weighted by Crippen LogP contribution is -2.17. The first-order valence-corrected chi connectivity index (χ1v) is 8.29. The maximum Gasteiger partial charge on any atom is 0.339 e. The van der Waals surface area contributed by atoms with Crippen LogP contribution in [-0.2, 0) is 4.74 Å². The van der Waals surface area contributed by atoms with Gasteiger partial charge in [0.15, 0.2) is 0 Å². The van der Waals surface area contributed by atoms with E-state index in [1.54, 1.807) is 48.5 Å². The molecule has 0 fully saturated rings. The normalized spacial score (nSPS) is 10.1. The zero-order valence-corrected chi connectivity index (χ0v) is 15.0. The molecule has 0 saturated carbocycles. The zero-order chi connectivity index (χ0) is 19.2. The van der Waals surface area contributed by atoms with Crippen LogP contribution in [0.15, 0.2) is 60.8 Å². The Morgan fingerprint density at radius 2 is 1.78 bits per heavy atom. The number of para-hydroxylation sites is 1. The molecule has 3 rings (SSSR count). The Labute approximate surface area is 160 Å². The van der Waals surface area contributed by atoms with E-state index in [-0.39, 0.29) is 17.2 Å². The Bertz CT molecular complexity index is 977. The number of nitrogens with one attached hydrogen (secondary N) is 2. The van der Waals surface area contributed by atoms with Crippen LogP contribution in [0.1, 0.15) is 20.8 Å². The lowest BCUT2D eigenvalue weighted by Gasteiger charge is -2.10. The second-order valence-electron chi connectivity index (χ2n) is 5.39. The van der Waals surface area contributed by atoms with Gasteiger partial charge in [0.1, 0.15) is 5.69 Å². The van der Waals surface area contributed by atoms with Crippen molar-refractivity contribution < 1.29 is 14.3 Å². The molecule has 2 aromatic carbocycles. The summed E-state index contributed by atoms with van der Waals surface area (Å²) in [6.07, 6.45) is 1.46. The average molecular weight is 383 g/mol. The van der Waals surface area contributed by atoms with Gasteiger partial charge in [-0.1, -0.05) is 23.7 Å². The summed E-state index contributed by atoms with van der Waals surface area (Å²) in [4.78, 5) is 32.6. The highest BCUT2D eigenvalue weighted by Gasteiger charge is 2.15. The summed E-state index contributed by atoms with van der Waals surface area (Å²) < 4.78 is 4.72. The summed E-state index contributed by atoms with van der Waals surface area (Å²) in [6.45, 7) is 0. The van der Waals surface area contributed by atoms with Gasteiger partial charge in [0.05, 0.1) is 18.4 Å². The van der Waals surface area contributed by atoms with Crippen molar-refractivity contribution in [3.05, 3.63) is 77.1 Å². The molecule has 8 heteroatoms. The molecule has 27 heavy (non-hydrogen) atoms. The second kappa shape index (κ2) is 8.29. The van der Waals surface area contributed by atoms with Crippen molar-refractivity contribution in [2.45, 2.75) is 0 Å². The Balaban J connectivity index is 1.78. The molecule has 1 amide bonds. The summed E-state index contributed by atoms with van der Waals surface area (Å²) in [5.41, 5.74) is 1.45. The van der Waals surface area contributed by atoms with E-state index < -0.39 is 11.9 Å². The summed E-state index contributed by atoms with van der Waals surface area (Å²) in [6, 6.07) is 15.0. The molecule has 2 N–H and O–H groups in total. The number of carbonyl (C=O) groups is 2. The van der Waals surface area contributed by atoms with Crippen LogP contribution in [0, 0.1) is 0 Å². The predicted molar refractivity (Wildman–Crippen MR) is 103 cm³/mol. The molecule has 0 unspecified atom stereocenters. The third-order valence-electron chi connectivity index (χ3n) is 3.57. The molecule has 0 aliphatic heterocycles. The highest BCUT2D eigenvalue weighted by Crippen LogP contribution is 2.18.